The lowest BCUT2D eigenvalue weighted by molar-refractivity contribution is 0.863. The molecule has 2 aromatic carbocycles. The summed E-state index contributed by atoms with van der Waals surface area (Å²) in [5.74, 6) is 0. The zero-order chi connectivity index (χ0) is 14.9. The predicted octanol–water partition coefficient (Wildman–Crippen LogP) is 6.46. The average molecular weight is 326 g/mol. The van der Waals surface area contributed by atoms with Crippen molar-refractivity contribution in [1.29, 1.82) is 0 Å². The van der Waals surface area contributed by atoms with Crippen molar-refractivity contribution in [2.45, 2.75) is 43.4 Å². The summed E-state index contributed by atoms with van der Waals surface area (Å²) in [6, 6.07) is 18.5. The summed E-state index contributed by atoms with van der Waals surface area (Å²) in [6.07, 6.45) is 6.91. The van der Waals surface area contributed by atoms with E-state index in [1.165, 1.54) is 31.3 Å². The van der Waals surface area contributed by atoms with Crippen LogP contribution in [-0.4, -0.2) is 6.16 Å². The van der Waals surface area contributed by atoms with E-state index in [0.29, 0.717) is 0 Å². The van der Waals surface area contributed by atoms with Gasteiger partial charge in [0.25, 0.3) is 0 Å². The highest BCUT2D eigenvalue weighted by atomic mass is 31.1. The maximum Gasteiger partial charge on any atom is 0.0154 e. The Kier molecular flexibility index (Phi) is 4.34. The Hall–Kier alpha value is -0.700. The molecule has 4 rings (SSSR count). The summed E-state index contributed by atoms with van der Waals surface area (Å²) in [7, 11) is 1.22. The van der Waals surface area contributed by atoms with Crippen LogP contribution in [0.15, 0.2) is 48.5 Å². The van der Waals surface area contributed by atoms with E-state index in [2.05, 4.69) is 55.5 Å². The Bertz CT molecular complexity index is 664. The molecule has 4 atom stereocenters. The van der Waals surface area contributed by atoms with Gasteiger partial charge in [0.15, 0.2) is 0 Å². The van der Waals surface area contributed by atoms with E-state index in [1.54, 1.807) is 22.3 Å². The zero-order valence-corrected chi connectivity index (χ0v) is 15.2. The summed E-state index contributed by atoms with van der Waals surface area (Å²) in [6.45, 7) is 2.33. The fourth-order valence-corrected chi connectivity index (χ4v) is 9.98. The Morgan fingerprint density at radius 3 is 2.55 bits per heavy atom. The van der Waals surface area contributed by atoms with Crippen molar-refractivity contribution in [3.63, 3.8) is 0 Å². The normalized spacial score (nSPS) is 27.0. The van der Waals surface area contributed by atoms with Crippen LogP contribution in [0.1, 0.15) is 53.3 Å². The summed E-state index contributed by atoms with van der Waals surface area (Å²) in [4.78, 5) is 0. The first-order valence-corrected chi connectivity index (χ1v) is 11.6. The Morgan fingerprint density at radius 2 is 1.73 bits per heavy atom. The molecule has 2 aliphatic heterocycles. The fourth-order valence-electron chi connectivity index (χ4n) is 4.06. The third-order valence-corrected chi connectivity index (χ3v) is 10.1. The molecule has 0 N–H and O–H groups in total. The summed E-state index contributed by atoms with van der Waals surface area (Å²) < 4.78 is 0. The largest absolute Gasteiger partial charge is 0.109 e. The van der Waals surface area contributed by atoms with E-state index in [4.69, 9.17) is 0 Å². The van der Waals surface area contributed by atoms with E-state index in [-0.39, 0.29) is 7.92 Å². The first-order valence-electron chi connectivity index (χ1n) is 8.51. The fraction of sp³-hybridized carbons (Fsp3) is 0.400. The van der Waals surface area contributed by atoms with Gasteiger partial charge in [-0.15, -0.1) is 8.58 Å². The molecular formula is C20H24P2. The number of hydrogen-bond acceptors (Lipinski definition) is 0. The predicted molar refractivity (Wildman–Crippen MR) is 101 cm³/mol. The van der Waals surface area contributed by atoms with Crippen molar-refractivity contribution in [2.24, 2.45) is 0 Å². The van der Waals surface area contributed by atoms with E-state index in [9.17, 15) is 0 Å². The smallest absolute Gasteiger partial charge is 0.0154 e. The first kappa shape index (κ1) is 14.9. The maximum absolute atomic E-state index is 2.43. The molecule has 0 amide bonds. The Balaban J connectivity index is 1.71. The lowest BCUT2D eigenvalue weighted by Crippen LogP contribution is -2.03. The number of unbranched alkanes of at least 4 members (excludes halogenated alkanes) is 1. The van der Waals surface area contributed by atoms with Crippen LogP contribution in [0.2, 0.25) is 0 Å². The summed E-state index contributed by atoms with van der Waals surface area (Å²) >= 11 is 0. The molecule has 114 valence electrons. The molecule has 2 heteroatoms. The third-order valence-electron chi connectivity index (χ3n) is 5.16. The minimum atomic E-state index is 0.130. The highest BCUT2D eigenvalue weighted by Crippen LogP contribution is 2.70. The first-order chi connectivity index (χ1) is 10.9. The van der Waals surface area contributed by atoms with Crippen LogP contribution in [0.25, 0.3) is 0 Å². The topological polar surface area (TPSA) is 0 Å². The van der Waals surface area contributed by atoms with Crippen LogP contribution >= 0.6 is 16.5 Å². The minimum Gasteiger partial charge on any atom is -0.109 e. The van der Waals surface area contributed by atoms with Crippen LogP contribution in [0, 0.1) is 0 Å². The van der Waals surface area contributed by atoms with Crippen molar-refractivity contribution in [2.75, 3.05) is 6.16 Å². The van der Waals surface area contributed by atoms with Crippen molar-refractivity contribution in [3.05, 3.63) is 70.8 Å². The van der Waals surface area contributed by atoms with E-state index < -0.39 is 0 Å². The second-order valence-electron chi connectivity index (χ2n) is 6.53. The lowest BCUT2D eigenvalue weighted by Gasteiger charge is -2.28. The SMILES string of the molecule is CCCCP1Cc2ccccc2[C@H]1C1PCc2ccccc21. The average Bonchev–Trinajstić information content (AvgIpc) is 3.13. The van der Waals surface area contributed by atoms with Gasteiger partial charge in [-0.1, -0.05) is 69.8 Å². The molecule has 2 aliphatic rings. The second-order valence-corrected chi connectivity index (χ2v) is 10.4. The van der Waals surface area contributed by atoms with Gasteiger partial charge < -0.3 is 0 Å². The third kappa shape index (κ3) is 2.55. The number of rotatable bonds is 4. The molecular weight excluding hydrogens is 302 g/mol. The number of fused-ring (bicyclic) bond motifs is 2. The van der Waals surface area contributed by atoms with Gasteiger partial charge in [0.1, 0.15) is 0 Å². The second kappa shape index (κ2) is 6.43. The molecule has 0 radical (unpaired) electrons. The standard InChI is InChI=1S/C20H24P2/c1-2-3-12-22-14-16-9-5-7-11-18(16)20(22)19-17-10-6-4-8-15(17)13-21-19/h4-11,19-21H,2-3,12-14H2,1H3/t19?,20-,22?/m0/s1. The van der Waals surface area contributed by atoms with Gasteiger partial charge in [0.05, 0.1) is 0 Å². The van der Waals surface area contributed by atoms with Crippen molar-refractivity contribution in [3.8, 4) is 0 Å². The monoisotopic (exact) mass is 326 g/mol. The van der Waals surface area contributed by atoms with Gasteiger partial charge in [0.2, 0.25) is 0 Å². The molecule has 0 fully saturated rings. The van der Waals surface area contributed by atoms with Gasteiger partial charge in [-0.05, 0) is 47.2 Å². The zero-order valence-electron chi connectivity index (χ0n) is 13.3. The number of hydrogen-bond donors (Lipinski definition) is 0. The quantitative estimate of drug-likeness (QED) is 0.566. The Morgan fingerprint density at radius 1 is 1.00 bits per heavy atom. The van der Waals surface area contributed by atoms with Gasteiger partial charge in [-0.25, -0.2) is 0 Å². The van der Waals surface area contributed by atoms with E-state index >= 15 is 0 Å². The minimum absolute atomic E-state index is 0.130. The number of benzene rings is 2. The molecule has 2 heterocycles. The van der Waals surface area contributed by atoms with Crippen LogP contribution < -0.4 is 0 Å². The highest BCUT2D eigenvalue weighted by Gasteiger charge is 2.39. The lowest BCUT2D eigenvalue weighted by atomic mass is 9.98. The van der Waals surface area contributed by atoms with E-state index in [0.717, 1.165) is 19.9 Å². The Labute approximate surface area is 137 Å². The van der Waals surface area contributed by atoms with Crippen LogP contribution in [-0.2, 0) is 12.3 Å². The summed E-state index contributed by atoms with van der Waals surface area (Å²) in [5.41, 5.74) is 8.29. The molecule has 0 nitrogen and oxygen atoms in total. The molecule has 2 aromatic rings. The van der Waals surface area contributed by atoms with E-state index in [1.807, 2.05) is 0 Å². The molecule has 22 heavy (non-hydrogen) atoms. The van der Waals surface area contributed by atoms with Gasteiger partial charge in [-0.2, -0.15) is 0 Å². The molecule has 0 spiro atoms. The molecule has 0 saturated carbocycles. The van der Waals surface area contributed by atoms with Crippen LogP contribution in [0.3, 0.4) is 0 Å². The molecule has 0 aromatic heterocycles. The molecule has 0 bridgehead atoms. The summed E-state index contributed by atoms with van der Waals surface area (Å²) in [5, 5.41) is 0. The van der Waals surface area contributed by atoms with Crippen molar-refractivity contribution >= 4 is 16.5 Å². The van der Waals surface area contributed by atoms with Crippen molar-refractivity contribution < 1.29 is 0 Å². The molecule has 0 aliphatic carbocycles. The van der Waals surface area contributed by atoms with Gasteiger partial charge in [0, 0.05) is 11.3 Å². The van der Waals surface area contributed by atoms with Crippen molar-refractivity contribution in [1.82, 2.24) is 0 Å². The molecule has 0 saturated heterocycles. The van der Waals surface area contributed by atoms with Crippen LogP contribution in [0.5, 0.6) is 0 Å². The molecule has 3 unspecified atom stereocenters. The highest BCUT2D eigenvalue weighted by molar-refractivity contribution is 7.58. The van der Waals surface area contributed by atoms with Crippen LogP contribution in [0.4, 0.5) is 0 Å². The van der Waals surface area contributed by atoms with Gasteiger partial charge >= 0.3 is 0 Å². The maximum atomic E-state index is 2.43. The van der Waals surface area contributed by atoms with Gasteiger partial charge in [-0.3, -0.25) is 0 Å².